The number of piperidine rings is 1. The Labute approximate surface area is 211 Å². The van der Waals surface area contributed by atoms with Crippen LogP contribution < -0.4 is 4.90 Å². The van der Waals surface area contributed by atoms with Gasteiger partial charge in [-0.3, -0.25) is 4.79 Å². The van der Waals surface area contributed by atoms with E-state index in [4.69, 9.17) is 4.42 Å². The summed E-state index contributed by atoms with van der Waals surface area (Å²) in [5, 5.41) is 7.05. The molecule has 194 valence electrons. The molecule has 37 heavy (non-hydrogen) atoms. The van der Waals surface area contributed by atoms with E-state index in [1.165, 1.54) is 12.1 Å². The highest BCUT2D eigenvalue weighted by Gasteiger charge is 2.30. The quantitative estimate of drug-likeness (QED) is 0.342. The first-order valence-electron chi connectivity index (χ1n) is 12.2. The third kappa shape index (κ3) is 5.36. The molecule has 11 heteroatoms. The molecule has 0 aliphatic carbocycles. The molecule has 0 saturated carbocycles. The van der Waals surface area contributed by atoms with Crippen LogP contribution in [0.3, 0.4) is 0 Å². The molecule has 1 amide bonds. The van der Waals surface area contributed by atoms with Gasteiger partial charge in [0.1, 0.15) is 11.5 Å². The maximum absolute atomic E-state index is 14.1. The predicted molar refractivity (Wildman–Crippen MR) is 130 cm³/mol. The second-order valence-electron chi connectivity index (χ2n) is 9.47. The molecule has 0 radical (unpaired) electrons. The van der Waals surface area contributed by atoms with Gasteiger partial charge in [-0.25, -0.2) is 9.37 Å². The van der Waals surface area contributed by atoms with Crippen molar-refractivity contribution in [2.24, 2.45) is 5.92 Å². The standard InChI is InChI=1S/C26H27F3N6O2/c1-16(2)33-9-6-17(7-10-33)26(36)35(21-5-3-4-19(27)13-21)15-20-14-34-11-8-18(12-22(34)30-20)24-31-32-25(37-24)23(28)29/h3-5,8,11-14,16-17,23H,6-7,9-10,15H2,1-2H3. The number of fused-ring (bicyclic) bond motifs is 1. The average molecular weight is 513 g/mol. The van der Waals surface area contributed by atoms with E-state index >= 15 is 0 Å². The second-order valence-corrected chi connectivity index (χ2v) is 9.47. The van der Waals surface area contributed by atoms with Crippen LogP contribution in [0, 0.1) is 11.7 Å². The van der Waals surface area contributed by atoms with E-state index in [1.807, 2.05) is 0 Å². The first-order chi connectivity index (χ1) is 17.8. The lowest BCUT2D eigenvalue weighted by Gasteiger charge is -2.36. The summed E-state index contributed by atoms with van der Waals surface area (Å²) in [4.78, 5) is 22.2. The van der Waals surface area contributed by atoms with Crippen LogP contribution in [0.15, 0.2) is 53.2 Å². The summed E-state index contributed by atoms with van der Waals surface area (Å²) >= 11 is 0. The highest BCUT2D eigenvalue weighted by molar-refractivity contribution is 5.95. The summed E-state index contributed by atoms with van der Waals surface area (Å²) in [6, 6.07) is 9.71. The van der Waals surface area contributed by atoms with Gasteiger partial charge in [-0.15, -0.1) is 10.2 Å². The molecule has 1 aromatic carbocycles. The molecule has 1 aliphatic heterocycles. The van der Waals surface area contributed by atoms with Gasteiger partial charge in [-0.05, 0) is 70.1 Å². The molecule has 0 bridgehead atoms. The fraction of sp³-hybridized carbons (Fsp3) is 0.385. The number of imidazole rings is 1. The Kier molecular flexibility index (Phi) is 6.96. The molecular weight excluding hydrogens is 485 g/mol. The molecule has 3 aromatic heterocycles. The van der Waals surface area contributed by atoms with Gasteiger partial charge >= 0.3 is 6.43 Å². The molecule has 1 aliphatic rings. The summed E-state index contributed by atoms with van der Waals surface area (Å²) in [5.74, 6) is -1.43. The van der Waals surface area contributed by atoms with Crippen molar-refractivity contribution in [1.82, 2.24) is 24.5 Å². The smallest absolute Gasteiger partial charge is 0.314 e. The number of alkyl halides is 2. The van der Waals surface area contributed by atoms with Crippen LogP contribution in [-0.2, 0) is 11.3 Å². The van der Waals surface area contributed by atoms with E-state index in [-0.39, 0.29) is 24.3 Å². The van der Waals surface area contributed by atoms with Crippen LogP contribution in [0.4, 0.5) is 18.9 Å². The fourth-order valence-corrected chi connectivity index (χ4v) is 4.67. The van der Waals surface area contributed by atoms with Gasteiger partial charge < -0.3 is 18.6 Å². The van der Waals surface area contributed by atoms with E-state index in [1.54, 1.807) is 46.0 Å². The molecule has 0 N–H and O–H groups in total. The number of benzene rings is 1. The number of carbonyl (C=O) groups excluding carboxylic acids is 1. The number of nitrogens with zero attached hydrogens (tertiary/aromatic N) is 6. The number of hydrogen-bond acceptors (Lipinski definition) is 6. The minimum atomic E-state index is -2.85. The van der Waals surface area contributed by atoms with E-state index in [9.17, 15) is 18.0 Å². The summed E-state index contributed by atoms with van der Waals surface area (Å²) < 4.78 is 46.5. The molecular formula is C26H27F3N6O2. The summed E-state index contributed by atoms with van der Waals surface area (Å²) in [6.45, 7) is 6.12. The molecule has 0 spiro atoms. The van der Waals surface area contributed by atoms with Gasteiger partial charge in [0.05, 0.1) is 12.2 Å². The molecule has 4 aromatic rings. The maximum atomic E-state index is 14.1. The van der Waals surface area contributed by atoms with Gasteiger partial charge in [-0.1, -0.05) is 6.07 Å². The Hall–Kier alpha value is -3.73. The monoisotopic (exact) mass is 512 g/mol. The van der Waals surface area contributed by atoms with E-state index < -0.39 is 18.1 Å². The molecule has 1 saturated heterocycles. The molecule has 5 rings (SSSR count). The maximum Gasteiger partial charge on any atom is 0.314 e. The number of aromatic nitrogens is 4. The summed E-state index contributed by atoms with van der Waals surface area (Å²) in [5.41, 5.74) is 2.02. The topological polar surface area (TPSA) is 79.8 Å². The third-order valence-electron chi connectivity index (χ3n) is 6.70. The van der Waals surface area contributed by atoms with Gasteiger partial charge in [0.15, 0.2) is 0 Å². The Morgan fingerprint density at radius 1 is 1.16 bits per heavy atom. The van der Waals surface area contributed by atoms with Crippen LogP contribution in [0.25, 0.3) is 17.1 Å². The minimum Gasteiger partial charge on any atom is -0.415 e. The van der Waals surface area contributed by atoms with Gasteiger partial charge in [-0.2, -0.15) is 8.78 Å². The SMILES string of the molecule is CC(C)N1CCC(C(=O)N(Cc2cn3ccc(-c4nnc(C(F)F)o4)cc3n2)c2cccc(F)c2)CC1. The Bertz CT molecular complexity index is 1390. The van der Waals surface area contributed by atoms with Crippen molar-refractivity contribution < 1.29 is 22.4 Å². The number of likely N-dealkylation sites (tertiary alicyclic amines) is 1. The fourth-order valence-electron chi connectivity index (χ4n) is 4.67. The predicted octanol–water partition coefficient (Wildman–Crippen LogP) is 5.11. The Morgan fingerprint density at radius 3 is 2.62 bits per heavy atom. The van der Waals surface area contributed by atoms with Crippen molar-refractivity contribution in [3.05, 3.63) is 66.2 Å². The van der Waals surface area contributed by atoms with Crippen molar-refractivity contribution in [2.45, 2.75) is 45.7 Å². The van der Waals surface area contributed by atoms with E-state index in [0.29, 0.717) is 28.6 Å². The zero-order chi connectivity index (χ0) is 26.1. The number of carbonyl (C=O) groups is 1. The number of rotatable bonds is 7. The molecule has 0 atom stereocenters. The van der Waals surface area contributed by atoms with Crippen LogP contribution in [0.1, 0.15) is 44.7 Å². The largest absolute Gasteiger partial charge is 0.415 e. The number of pyridine rings is 1. The van der Waals surface area contributed by atoms with Crippen molar-refractivity contribution in [3.8, 4) is 11.5 Å². The molecule has 0 unspecified atom stereocenters. The zero-order valence-electron chi connectivity index (χ0n) is 20.5. The normalized spacial score (nSPS) is 15.2. The van der Waals surface area contributed by atoms with Crippen LogP contribution in [0.5, 0.6) is 0 Å². The van der Waals surface area contributed by atoms with Gasteiger partial charge in [0, 0.05) is 35.6 Å². The summed E-state index contributed by atoms with van der Waals surface area (Å²) in [6.07, 6.45) is 2.10. The second kappa shape index (κ2) is 10.3. The molecule has 8 nitrogen and oxygen atoms in total. The average Bonchev–Trinajstić information content (AvgIpc) is 3.54. The number of amides is 1. The van der Waals surface area contributed by atoms with Crippen molar-refractivity contribution in [2.75, 3.05) is 18.0 Å². The van der Waals surface area contributed by atoms with Crippen LogP contribution >= 0.6 is 0 Å². The highest BCUT2D eigenvalue weighted by Crippen LogP contribution is 2.28. The van der Waals surface area contributed by atoms with Crippen molar-refractivity contribution >= 4 is 17.2 Å². The number of anilines is 1. The van der Waals surface area contributed by atoms with Gasteiger partial charge in [0.2, 0.25) is 11.8 Å². The lowest BCUT2D eigenvalue weighted by Crippen LogP contribution is -2.44. The molecule has 1 fully saturated rings. The zero-order valence-corrected chi connectivity index (χ0v) is 20.5. The Balaban J connectivity index is 1.41. The van der Waals surface area contributed by atoms with Crippen LogP contribution in [0.2, 0.25) is 0 Å². The lowest BCUT2D eigenvalue weighted by molar-refractivity contribution is -0.124. The first-order valence-corrected chi connectivity index (χ1v) is 12.2. The van der Waals surface area contributed by atoms with Crippen LogP contribution in [-0.4, -0.2) is 49.5 Å². The van der Waals surface area contributed by atoms with Crippen molar-refractivity contribution in [1.29, 1.82) is 0 Å². The number of hydrogen-bond donors (Lipinski definition) is 0. The molecule has 4 heterocycles. The Morgan fingerprint density at radius 2 is 1.95 bits per heavy atom. The lowest BCUT2D eigenvalue weighted by atomic mass is 9.94. The number of halogens is 3. The minimum absolute atomic E-state index is 0.0355. The van der Waals surface area contributed by atoms with Crippen molar-refractivity contribution in [3.63, 3.8) is 0 Å². The third-order valence-corrected chi connectivity index (χ3v) is 6.70. The van der Waals surface area contributed by atoms with E-state index in [2.05, 4.69) is 33.9 Å². The van der Waals surface area contributed by atoms with E-state index in [0.717, 1.165) is 25.9 Å². The van der Waals surface area contributed by atoms with Gasteiger partial charge in [0.25, 0.3) is 5.89 Å². The first kappa shape index (κ1) is 24.9. The highest BCUT2D eigenvalue weighted by atomic mass is 19.3. The summed E-state index contributed by atoms with van der Waals surface area (Å²) in [7, 11) is 0.